The molecule has 1 aliphatic heterocycles. The van der Waals surface area contributed by atoms with E-state index in [0.717, 1.165) is 0 Å². The molecular formula is C16H19N3O8. The maximum Gasteiger partial charge on any atom is 0.360 e. The number of esters is 1. The SMILES string of the molecule is COC(=O)c1cn(-c2ccc(O[C@H]3O[C@H](CO)[C@@H](O)[C@H](O)[C@@H]3O)cc2)nn1. The van der Waals surface area contributed by atoms with Gasteiger partial charge in [0.15, 0.2) is 5.69 Å². The summed E-state index contributed by atoms with van der Waals surface area (Å²) in [7, 11) is 1.24. The van der Waals surface area contributed by atoms with Gasteiger partial charge in [-0.15, -0.1) is 5.10 Å². The first-order chi connectivity index (χ1) is 12.9. The van der Waals surface area contributed by atoms with E-state index >= 15 is 0 Å². The number of ether oxygens (including phenoxy) is 3. The van der Waals surface area contributed by atoms with E-state index in [1.54, 1.807) is 24.3 Å². The van der Waals surface area contributed by atoms with Crippen molar-refractivity contribution < 1.29 is 39.4 Å². The molecule has 11 heteroatoms. The van der Waals surface area contributed by atoms with Gasteiger partial charge in [-0.1, -0.05) is 5.21 Å². The molecule has 0 bridgehead atoms. The number of hydrogen-bond acceptors (Lipinski definition) is 10. The van der Waals surface area contributed by atoms with Gasteiger partial charge in [0.05, 0.1) is 25.6 Å². The van der Waals surface area contributed by atoms with Gasteiger partial charge in [0.2, 0.25) is 6.29 Å². The summed E-state index contributed by atoms with van der Waals surface area (Å²) >= 11 is 0. The van der Waals surface area contributed by atoms with Gasteiger partial charge in [-0.2, -0.15) is 0 Å². The zero-order valence-corrected chi connectivity index (χ0v) is 14.2. The number of nitrogens with zero attached hydrogens (tertiary/aromatic N) is 3. The highest BCUT2D eigenvalue weighted by Crippen LogP contribution is 2.25. The van der Waals surface area contributed by atoms with Gasteiger partial charge < -0.3 is 34.6 Å². The summed E-state index contributed by atoms with van der Waals surface area (Å²) in [6.45, 7) is -0.543. The minimum absolute atomic E-state index is 0.0548. The zero-order valence-electron chi connectivity index (χ0n) is 14.2. The van der Waals surface area contributed by atoms with Crippen molar-refractivity contribution in [3.8, 4) is 11.4 Å². The summed E-state index contributed by atoms with van der Waals surface area (Å²) in [4.78, 5) is 11.4. The Kier molecular flexibility index (Phi) is 5.68. The van der Waals surface area contributed by atoms with Crippen LogP contribution < -0.4 is 4.74 Å². The number of benzene rings is 1. The molecule has 5 atom stereocenters. The smallest absolute Gasteiger partial charge is 0.360 e. The van der Waals surface area contributed by atoms with E-state index in [2.05, 4.69) is 15.0 Å². The van der Waals surface area contributed by atoms with Gasteiger partial charge in [-0.05, 0) is 24.3 Å². The summed E-state index contributed by atoms with van der Waals surface area (Å²) in [6, 6.07) is 6.34. The first-order valence-electron chi connectivity index (χ1n) is 8.03. The Balaban J connectivity index is 1.70. The lowest BCUT2D eigenvalue weighted by Crippen LogP contribution is -2.60. The molecule has 0 amide bonds. The minimum atomic E-state index is -1.52. The lowest BCUT2D eigenvalue weighted by atomic mass is 9.99. The van der Waals surface area contributed by atoms with Crippen LogP contribution >= 0.6 is 0 Å². The Morgan fingerprint density at radius 2 is 1.89 bits per heavy atom. The van der Waals surface area contributed by atoms with Crippen LogP contribution in [0.2, 0.25) is 0 Å². The van der Waals surface area contributed by atoms with Crippen molar-refractivity contribution in [1.29, 1.82) is 0 Å². The van der Waals surface area contributed by atoms with Gasteiger partial charge in [-0.3, -0.25) is 0 Å². The van der Waals surface area contributed by atoms with E-state index in [0.29, 0.717) is 11.4 Å². The molecule has 2 aromatic rings. The third-order valence-electron chi connectivity index (χ3n) is 4.09. The van der Waals surface area contributed by atoms with E-state index in [1.807, 2.05) is 0 Å². The van der Waals surface area contributed by atoms with E-state index in [-0.39, 0.29) is 5.69 Å². The molecule has 1 fully saturated rings. The number of aliphatic hydroxyl groups excluding tert-OH is 4. The molecule has 2 heterocycles. The van der Waals surface area contributed by atoms with Crippen LogP contribution in [0.4, 0.5) is 0 Å². The van der Waals surface area contributed by atoms with Crippen LogP contribution in [-0.2, 0) is 9.47 Å². The first kappa shape index (κ1) is 19.2. The lowest BCUT2D eigenvalue weighted by molar-refractivity contribution is -0.277. The molecule has 27 heavy (non-hydrogen) atoms. The van der Waals surface area contributed by atoms with Gasteiger partial charge >= 0.3 is 5.97 Å². The fraction of sp³-hybridized carbons (Fsp3) is 0.438. The van der Waals surface area contributed by atoms with Crippen molar-refractivity contribution in [2.45, 2.75) is 30.7 Å². The average molecular weight is 381 g/mol. The van der Waals surface area contributed by atoms with Crippen LogP contribution in [0.15, 0.2) is 30.5 Å². The average Bonchev–Trinajstić information content (AvgIpc) is 3.18. The Bertz CT molecular complexity index is 778. The van der Waals surface area contributed by atoms with E-state index < -0.39 is 43.3 Å². The van der Waals surface area contributed by atoms with Crippen LogP contribution in [0.25, 0.3) is 5.69 Å². The van der Waals surface area contributed by atoms with Crippen LogP contribution in [0.3, 0.4) is 0 Å². The summed E-state index contributed by atoms with van der Waals surface area (Å²) in [5.41, 5.74) is 0.637. The third kappa shape index (κ3) is 3.91. The third-order valence-corrected chi connectivity index (χ3v) is 4.09. The number of aromatic nitrogens is 3. The normalized spacial score (nSPS) is 28.0. The van der Waals surface area contributed by atoms with Gasteiger partial charge in [0.25, 0.3) is 0 Å². The maximum atomic E-state index is 11.4. The van der Waals surface area contributed by atoms with Crippen molar-refractivity contribution in [2.75, 3.05) is 13.7 Å². The topological polar surface area (TPSA) is 156 Å². The summed E-state index contributed by atoms with van der Waals surface area (Å²) in [6.07, 6.45) is -5.40. The van der Waals surface area contributed by atoms with Crippen molar-refractivity contribution in [3.05, 3.63) is 36.2 Å². The predicted molar refractivity (Wildman–Crippen MR) is 87.1 cm³/mol. The number of methoxy groups -OCH3 is 1. The van der Waals surface area contributed by atoms with Gasteiger partial charge in [0.1, 0.15) is 30.2 Å². The van der Waals surface area contributed by atoms with Gasteiger partial charge in [0, 0.05) is 0 Å². The Morgan fingerprint density at radius 1 is 1.19 bits per heavy atom. The van der Waals surface area contributed by atoms with E-state index in [1.165, 1.54) is 18.0 Å². The second-order valence-electron chi connectivity index (χ2n) is 5.85. The Hall–Kier alpha value is -2.57. The highest BCUT2D eigenvalue weighted by Gasteiger charge is 2.44. The fourth-order valence-electron chi connectivity index (χ4n) is 2.56. The largest absolute Gasteiger partial charge is 0.464 e. The molecule has 4 N–H and O–H groups in total. The van der Waals surface area contributed by atoms with Crippen LogP contribution in [-0.4, -0.2) is 85.8 Å². The Morgan fingerprint density at radius 3 is 2.52 bits per heavy atom. The monoisotopic (exact) mass is 381 g/mol. The van der Waals surface area contributed by atoms with Crippen LogP contribution in [0.5, 0.6) is 5.75 Å². The van der Waals surface area contributed by atoms with Crippen LogP contribution in [0.1, 0.15) is 10.5 Å². The maximum absolute atomic E-state index is 11.4. The molecule has 0 saturated carbocycles. The number of carbonyl (C=O) groups excluding carboxylic acids is 1. The molecule has 146 valence electrons. The Labute approximate surface area is 153 Å². The van der Waals surface area contributed by atoms with Crippen molar-refractivity contribution in [3.63, 3.8) is 0 Å². The molecule has 1 saturated heterocycles. The van der Waals surface area contributed by atoms with Crippen LogP contribution in [0, 0.1) is 0 Å². The molecule has 1 aromatic carbocycles. The quantitative estimate of drug-likeness (QED) is 0.437. The lowest BCUT2D eigenvalue weighted by Gasteiger charge is -2.39. The molecule has 1 aliphatic rings. The van der Waals surface area contributed by atoms with Crippen molar-refractivity contribution in [1.82, 2.24) is 15.0 Å². The fourth-order valence-corrected chi connectivity index (χ4v) is 2.56. The highest BCUT2D eigenvalue weighted by atomic mass is 16.7. The summed E-state index contributed by atoms with van der Waals surface area (Å²) in [5.74, 6) is -0.305. The molecule has 0 aliphatic carbocycles. The highest BCUT2D eigenvalue weighted by molar-refractivity contribution is 5.86. The molecular weight excluding hydrogens is 362 g/mol. The van der Waals surface area contributed by atoms with E-state index in [9.17, 15) is 25.2 Å². The molecule has 0 unspecified atom stereocenters. The first-order valence-corrected chi connectivity index (χ1v) is 8.03. The standard InChI is InChI=1S/C16H19N3O8/c1-25-15(24)10-6-19(18-17-10)8-2-4-9(5-3-8)26-16-14(23)13(22)12(21)11(7-20)27-16/h2-6,11-14,16,20-23H,7H2,1H3/t11-,12-,13+,14+,16+/m1/s1. The van der Waals surface area contributed by atoms with Crippen molar-refractivity contribution in [2.24, 2.45) is 0 Å². The second kappa shape index (κ2) is 7.98. The number of hydrogen-bond donors (Lipinski definition) is 4. The minimum Gasteiger partial charge on any atom is -0.464 e. The van der Waals surface area contributed by atoms with E-state index in [4.69, 9.17) is 9.47 Å². The number of rotatable bonds is 5. The number of aliphatic hydroxyl groups is 4. The zero-order chi connectivity index (χ0) is 19.6. The predicted octanol–water partition coefficient (Wildman–Crippen LogP) is -1.77. The number of carbonyl (C=O) groups is 1. The molecule has 11 nitrogen and oxygen atoms in total. The molecule has 3 rings (SSSR count). The molecule has 1 aromatic heterocycles. The summed E-state index contributed by atoms with van der Waals surface area (Å²) < 4.78 is 16.7. The molecule has 0 radical (unpaired) electrons. The second-order valence-corrected chi connectivity index (χ2v) is 5.85. The van der Waals surface area contributed by atoms with Gasteiger partial charge in [-0.25, -0.2) is 9.48 Å². The summed E-state index contributed by atoms with van der Waals surface area (Å²) in [5, 5.41) is 46.2. The molecule has 0 spiro atoms. The van der Waals surface area contributed by atoms with Crippen molar-refractivity contribution >= 4 is 5.97 Å².